The lowest BCUT2D eigenvalue weighted by Crippen LogP contribution is -2.41. The number of hydrogen-bond donors (Lipinski definition) is 2. The summed E-state index contributed by atoms with van der Waals surface area (Å²) in [6.45, 7) is 2.03. The van der Waals surface area contributed by atoms with E-state index in [0.717, 1.165) is 43.1 Å². The van der Waals surface area contributed by atoms with Crippen LogP contribution in [0.15, 0.2) is 42.5 Å². The van der Waals surface area contributed by atoms with Crippen LogP contribution >= 0.6 is 0 Å². The van der Waals surface area contributed by atoms with Gasteiger partial charge in [-0.3, -0.25) is 4.79 Å². The van der Waals surface area contributed by atoms with E-state index >= 15 is 0 Å². The highest BCUT2D eigenvalue weighted by Gasteiger charge is 2.31. The SMILES string of the molecule is NC(=O)c1ccc2c(c1)Oc1ccccc1N2C1CCNCC1. The summed E-state index contributed by atoms with van der Waals surface area (Å²) < 4.78 is 6.02. The number of amides is 1. The fraction of sp³-hybridized carbons (Fsp3) is 0.278. The second-order valence-corrected chi connectivity index (χ2v) is 5.97. The highest BCUT2D eigenvalue weighted by molar-refractivity contribution is 5.94. The van der Waals surface area contributed by atoms with Crippen molar-refractivity contribution in [2.75, 3.05) is 18.0 Å². The molecule has 118 valence electrons. The number of nitrogens with two attached hydrogens (primary N) is 1. The van der Waals surface area contributed by atoms with Crippen molar-refractivity contribution in [3.8, 4) is 11.5 Å². The van der Waals surface area contributed by atoms with E-state index in [-0.39, 0.29) is 0 Å². The van der Waals surface area contributed by atoms with Crippen molar-refractivity contribution >= 4 is 17.3 Å². The van der Waals surface area contributed by atoms with Crippen LogP contribution in [0.1, 0.15) is 23.2 Å². The third-order valence-electron chi connectivity index (χ3n) is 4.52. The van der Waals surface area contributed by atoms with Crippen LogP contribution in [0.3, 0.4) is 0 Å². The summed E-state index contributed by atoms with van der Waals surface area (Å²) in [7, 11) is 0. The number of benzene rings is 2. The van der Waals surface area contributed by atoms with Crippen molar-refractivity contribution < 1.29 is 9.53 Å². The Bertz CT molecular complexity index is 754. The first-order valence-electron chi connectivity index (χ1n) is 7.95. The molecule has 0 aromatic heterocycles. The number of rotatable bonds is 2. The van der Waals surface area contributed by atoms with Crippen molar-refractivity contribution in [2.45, 2.75) is 18.9 Å². The average molecular weight is 309 g/mol. The van der Waals surface area contributed by atoms with Crippen LogP contribution in [-0.2, 0) is 0 Å². The number of carbonyl (C=O) groups excluding carboxylic acids is 1. The molecular formula is C18H19N3O2. The normalized spacial score (nSPS) is 17.1. The zero-order valence-electron chi connectivity index (χ0n) is 12.8. The van der Waals surface area contributed by atoms with Gasteiger partial charge in [-0.2, -0.15) is 0 Å². The van der Waals surface area contributed by atoms with Crippen LogP contribution in [-0.4, -0.2) is 25.0 Å². The number of carbonyl (C=O) groups is 1. The topological polar surface area (TPSA) is 67.6 Å². The van der Waals surface area contributed by atoms with Gasteiger partial charge in [0.1, 0.15) is 0 Å². The molecule has 1 amide bonds. The minimum Gasteiger partial charge on any atom is -0.453 e. The number of anilines is 2. The Morgan fingerprint density at radius 2 is 1.83 bits per heavy atom. The molecule has 2 aliphatic heterocycles. The van der Waals surface area contributed by atoms with E-state index in [0.29, 0.717) is 17.4 Å². The maximum Gasteiger partial charge on any atom is 0.248 e. The number of primary amides is 1. The molecule has 0 atom stereocenters. The molecule has 2 aliphatic rings. The summed E-state index contributed by atoms with van der Waals surface area (Å²) in [4.78, 5) is 13.8. The van der Waals surface area contributed by atoms with E-state index in [1.54, 1.807) is 12.1 Å². The summed E-state index contributed by atoms with van der Waals surface area (Å²) >= 11 is 0. The predicted octanol–water partition coefficient (Wildman–Crippen LogP) is 2.78. The molecule has 1 fully saturated rings. The molecule has 0 spiro atoms. The number of para-hydroxylation sites is 2. The minimum atomic E-state index is -0.441. The Labute approximate surface area is 135 Å². The molecule has 0 saturated carbocycles. The maximum absolute atomic E-state index is 11.5. The second kappa shape index (κ2) is 5.59. The second-order valence-electron chi connectivity index (χ2n) is 5.97. The molecule has 0 bridgehead atoms. The molecule has 3 N–H and O–H groups in total. The number of nitrogens with zero attached hydrogens (tertiary/aromatic N) is 1. The Morgan fingerprint density at radius 1 is 1.09 bits per heavy atom. The minimum absolute atomic E-state index is 0.416. The number of fused-ring (bicyclic) bond motifs is 2. The molecule has 2 aromatic carbocycles. The lowest BCUT2D eigenvalue weighted by atomic mass is 10.0. The van der Waals surface area contributed by atoms with Crippen molar-refractivity contribution in [1.82, 2.24) is 5.32 Å². The highest BCUT2D eigenvalue weighted by atomic mass is 16.5. The Kier molecular flexibility index (Phi) is 3.42. The fourth-order valence-corrected chi connectivity index (χ4v) is 3.40. The fourth-order valence-electron chi connectivity index (χ4n) is 3.40. The van der Waals surface area contributed by atoms with Gasteiger partial charge in [-0.1, -0.05) is 12.1 Å². The van der Waals surface area contributed by atoms with E-state index in [1.807, 2.05) is 24.3 Å². The highest BCUT2D eigenvalue weighted by Crippen LogP contribution is 2.48. The van der Waals surface area contributed by atoms with E-state index in [2.05, 4.69) is 16.3 Å². The molecule has 2 heterocycles. The van der Waals surface area contributed by atoms with Crippen LogP contribution in [0.4, 0.5) is 11.4 Å². The molecule has 5 nitrogen and oxygen atoms in total. The summed E-state index contributed by atoms with van der Waals surface area (Å²) in [6, 6.07) is 13.9. The first kappa shape index (κ1) is 14.1. The molecule has 5 heteroatoms. The first-order chi connectivity index (χ1) is 11.2. The first-order valence-corrected chi connectivity index (χ1v) is 7.95. The maximum atomic E-state index is 11.5. The predicted molar refractivity (Wildman–Crippen MR) is 89.5 cm³/mol. The average Bonchev–Trinajstić information content (AvgIpc) is 2.59. The monoisotopic (exact) mass is 309 g/mol. The van der Waals surface area contributed by atoms with Gasteiger partial charge in [-0.05, 0) is 56.3 Å². The standard InChI is InChI=1S/C18H19N3O2/c19-18(22)12-5-6-15-17(11-12)23-16-4-2-1-3-14(16)21(15)13-7-9-20-10-8-13/h1-6,11,13,20H,7-10H2,(H2,19,22). The van der Waals surface area contributed by atoms with Crippen molar-refractivity contribution in [3.63, 3.8) is 0 Å². The van der Waals surface area contributed by atoms with E-state index in [1.165, 1.54) is 0 Å². The quantitative estimate of drug-likeness (QED) is 0.895. The molecule has 2 aromatic rings. The lowest BCUT2D eigenvalue weighted by molar-refractivity contribution is 0.1000. The van der Waals surface area contributed by atoms with Gasteiger partial charge in [0.15, 0.2) is 11.5 Å². The summed E-state index contributed by atoms with van der Waals surface area (Å²) in [5.74, 6) is 1.07. The summed E-state index contributed by atoms with van der Waals surface area (Å²) in [5, 5.41) is 3.41. The van der Waals surface area contributed by atoms with Gasteiger partial charge in [-0.25, -0.2) is 0 Å². The van der Waals surface area contributed by atoms with Gasteiger partial charge in [0.05, 0.1) is 11.4 Å². The zero-order valence-corrected chi connectivity index (χ0v) is 12.8. The van der Waals surface area contributed by atoms with Crippen molar-refractivity contribution in [3.05, 3.63) is 48.0 Å². The molecule has 0 radical (unpaired) electrons. The number of hydrogen-bond acceptors (Lipinski definition) is 4. The molecular weight excluding hydrogens is 290 g/mol. The molecule has 23 heavy (non-hydrogen) atoms. The zero-order chi connectivity index (χ0) is 15.8. The Hall–Kier alpha value is -2.53. The molecule has 0 unspecified atom stereocenters. The van der Waals surface area contributed by atoms with Crippen LogP contribution in [0, 0.1) is 0 Å². The smallest absolute Gasteiger partial charge is 0.248 e. The van der Waals surface area contributed by atoms with Crippen LogP contribution in [0.2, 0.25) is 0 Å². The lowest BCUT2D eigenvalue weighted by Gasteiger charge is -2.40. The summed E-state index contributed by atoms with van der Waals surface area (Å²) in [6.07, 6.45) is 2.15. The molecule has 0 aliphatic carbocycles. The van der Waals surface area contributed by atoms with Gasteiger partial charge in [0.25, 0.3) is 0 Å². The van der Waals surface area contributed by atoms with Gasteiger partial charge < -0.3 is 20.7 Å². The third kappa shape index (κ3) is 2.43. The van der Waals surface area contributed by atoms with Crippen LogP contribution < -0.4 is 20.7 Å². The van der Waals surface area contributed by atoms with Crippen LogP contribution in [0.5, 0.6) is 11.5 Å². The Morgan fingerprint density at radius 3 is 2.61 bits per heavy atom. The van der Waals surface area contributed by atoms with E-state index < -0.39 is 5.91 Å². The number of nitrogens with one attached hydrogen (secondary N) is 1. The van der Waals surface area contributed by atoms with Gasteiger partial charge in [0, 0.05) is 11.6 Å². The molecule has 1 saturated heterocycles. The molecule has 4 rings (SSSR count). The third-order valence-corrected chi connectivity index (χ3v) is 4.52. The van der Waals surface area contributed by atoms with E-state index in [4.69, 9.17) is 10.5 Å². The number of piperidine rings is 1. The largest absolute Gasteiger partial charge is 0.453 e. The van der Waals surface area contributed by atoms with Crippen molar-refractivity contribution in [2.24, 2.45) is 5.73 Å². The number of ether oxygens (including phenoxy) is 1. The van der Waals surface area contributed by atoms with Crippen molar-refractivity contribution in [1.29, 1.82) is 0 Å². The van der Waals surface area contributed by atoms with Crippen LogP contribution in [0.25, 0.3) is 0 Å². The van der Waals surface area contributed by atoms with Gasteiger partial charge in [-0.15, -0.1) is 0 Å². The summed E-state index contributed by atoms with van der Waals surface area (Å²) in [5.41, 5.74) is 7.95. The van der Waals surface area contributed by atoms with E-state index in [9.17, 15) is 4.79 Å². The Balaban J connectivity index is 1.83. The van der Waals surface area contributed by atoms with Gasteiger partial charge in [0.2, 0.25) is 5.91 Å². The van der Waals surface area contributed by atoms with Gasteiger partial charge >= 0.3 is 0 Å².